The summed E-state index contributed by atoms with van der Waals surface area (Å²) in [5, 5.41) is 10.7. The summed E-state index contributed by atoms with van der Waals surface area (Å²) in [6, 6.07) is 31.1. The first-order chi connectivity index (χ1) is 18.0. The lowest BCUT2D eigenvalue weighted by molar-refractivity contribution is -0.131. The van der Waals surface area contributed by atoms with E-state index in [-0.39, 0.29) is 23.7 Å². The first-order valence-corrected chi connectivity index (χ1v) is 13.1. The summed E-state index contributed by atoms with van der Waals surface area (Å²) in [5.41, 5.74) is 3.44. The van der Waals surface area contributed by atoms with Crippen LogP contribution in [0.3, 0.4) is 0 Å². The number of carbonyl (C=O) groups excluding carboxylic acids is 1. The highest BCUT2D eigenvalue weighted by Crippen LogP contribution is 2.49. The van der Waals surface area contributed by atoms with E-state index < -0.39 is 6.10 Å². The van der Waals surface area contributed by atoms with E-state index in [0.717, 1.165) is 21.3 Å². The van der Waals surface area contributed by atoms with E-state index in [1.54, 1.807) is 12.1 Å². The van der Waals surface area contributed by atoms with E-state index in [9.17, 15) is 14.3 Å². The summed E-state index contributed by atoms with van der Waals surface area (Å²) in [4.78, 5) is 15.3. The van der Waals surface area contributed by atoms with Gasteiger partial charge in [-0.15, -0.1) is 0 Å². The molecule has 0 aliphatic carbocycles. The molecule has 1 saturated heterocycles. The summed E-state index contributed by atoms with van der Waals surface area (Å²) in [5.74, 6) is 0.0534. The minimum absolute atomic E-state index is 0.0134. The molecule has 0 bridgehead atoms. The van der Waals surface area contributed by atoms with Crippen molar-refractivity contribution in [3.63, 3.8) is 0 Å². The quantitative estimate of drug-likeness (QED) is 0.217. The number of benzene rings is 4. The number of rotatable bonds is 9. The Hall–Kier alpha value is -3.48. The van der Waals surface area contributed by atoms with E-state index in [0.29, 0.717) is 30.8 Å². The van der Waals surface area contributed by atoms with Crippen LogP contribution in [0, 0.1) is 11.7 Å². The van der Waals surface area contributed by atoms with Crippen LogP contribution in [0.2, 0.25) is 0 Å². The van der Waals surface area contributed by atoms with Gasteiger partial charge in [0.1, 0.15) is 18.2 Å². The third-order valence-electron chi connectivity index (χ3n) is 6.79. The zero-order valence-electron chi connectivity index (χ0n) is 20.1. The predicted molar refractivity (Wildman–Crippen MR) is 146 cm³/mol. The molecule has 0 aromatic heterocycles. The molecule has 1 N–H and O–H groups in total. The van der Waals surface area contributed by atoms with E-state index >= 15 is 0 Å². The molecule has 1 aliphatic rings. The van der Waals surface area contributed by atoms with Crippen molar-refractivity contribution in [3.8, 4) is 5.75 Å². The third-order valence-corrected chi connectivity index (χ3v) is 7.28. The highest BCUT2D eigenvalue weighted by Gasteiger charge is 2.49. The second kappa shape index (κ2) is 11.3. The van der Waals surface area contributed by atoms with Crippen molar-refractivity contribution in [1.82, 2.24) is 0 Å². The maximum atomic E-state index is 13.4. The summed E-state index contributed by atoms with van der Waals surface area (Å²) in [6.07, 6.45) is 0.0934. The number of amides is 1. The van der Waals surface area contributed by atoms with Crippen LogP contribution in [-0.2, 0) is 11.4 Å². The molecule has 0 unspecified atom stereocenters. The maximum absolute atomic E-state index is 13.4. The van der Waals surface area contributed by atoms with Gasteiger partial charge in [0.05, 0.1) is 18.1 Å². The number of para-hydroxylation sites is 1. The number of nitrogens with zero attached hydrogens (tertiary/aromatic N) is 1. The van der Waals surface area contributed by atoms with Crippen LogP contribution in [0.1, 0.15) is 41.7 Å². The first kappa shape index (κ1) is 25.2. The molecule has 4 aromatic carbocycles. The van der Waals surface area contributed by atoms with Gasteiger partial charge in [-0.05, 0) is 60.4 Å². The molecule has 0 saturated carbocycles. The van der Waals surface area contributed by atoms with Gasteiger partial charge >= 0.3 is 0 Å². The smallest absolute Gasteiger partial charge is 0.233 e. The van der Waals surface area contributed by atoms with Gasteiger partial charge in [0.15, 0.2) is 0 Å². The number of ether oxygens (including phenoxy) is 1. The Morgan fingerprint density at radius 3 is 2.30 bits per heavy atom. The van der Waals surface area contributed by atoms with Crippen LogP contribution >= 0.6 is 15.9 Å². The summed E-state index contributed by atoms with van der Waals surface area (Å²) < 4.78 is 20.5. The van der Waals surface area contributed by atoms with Crippen LogP contribution in [0.15, 0.2) is 108 Å². The molecule has 188 valence electrons. The van der Waals surface area contributed by atoms with Gasteiger partial charge in [-0.1, -0.05) is 82.7 Å². The van der Waals surface area contributed by atoms with Crippen molar-refractivity contribution >= 4 is 27.5 Å². The van der Waals surface area contributed by atoms with Gasteiger partial charge in [0, 0.05) is 15.7 Å². The molecular formula is C31H27BrFNO3. The van der Waals surface area contributed by atoms with Crippen molar-refractivity contribution < 1.29 is 19.0 Å². The van der Waals surface area contributed by atoms with Gasteiger partial charge in [-0.3, -0.25) is 4.79 Å². The van der Waals surface area contributed by atoms with Crippen molar-refractivity contribution in [2.45, 2.75) is 31.6 Å². The number of hydrogen-bond acceptors (Lipinski definition) is 3. The van der Waals surface area contributed by atoms with Crippen molar-refractivity contribution in [2.75, 3.05) is 4.90 Å². The summed E-state index contributed by atoms with van der Waals surface area (Å²) >= 11 is 3.56. The van der Waals surface area contributed by atoms with E-state index in [1.807, 2.05) is 83.8 Å². The second-order valence-corrected chi connectivity index (χ2v) is 10.1. The number of aliphatic hydroxyl groups excluding tert-OH is 1. The van der Waals surface area contributed by atoms with Crippen LogP contribution in [0.5, 0.6) is 5.75 Å². The number of halogens is 2. The number of aliphatic hydroxyl groups is 1. The highest BCUT2D eigenvalue weighted by atomic mass is 79.9. The fraction of sp³-hybridized carbons (Fsp3) is 0.194. The topological polar surface area (TPSA) is 49.8 Å². The lowest BCUT2D eigenvalue weighted by Crippen LogP contribution is -2.55. The Kier molecular flexibility index (Phi) is 7.68. The largest absolute Gasteiger partial charge is 0.489 e. The Morgan fingerprint density at radius 2 is 1.59 bits per heavy atom. The molecular weight excluding hydrogens is 533 g/mol. The van der Waals surface area contributed by atoms with Crippen LogP contribution < -0.4 is 9.64 Å². The summed E-state index contributed by atoms with van der Waals surface area (Å²) in [6.45, 7) is 0.407. The SMILES string of the molecule is O=C1[C@H](CC[C@@H](O)c2ccc(F)cc2)[C@@H](c2ccc(Br)cc2OCc2ccccc2)N1c1ccccc1. The van der Waals surface area contributed by atoms with Gasteiger partial charge in [-0.2, -0.15) is 0 Å². The third kappa shape index (κ3) is 5.60. The van der Waals surface area contributed by atoms with Gasteiger partial charge in [0.2, 0.25) is 5.91 Å². The van der Waals surface area contributed by atoms with Crippen LogP contribution in [0.25, 0.3) is 0 Å². The number of carbonyl (C=O) groups is 1. The van der Waals surface area contributed by atoms with E-state index in [2.05, 4.69) is 15.9 Å². The molecule has 6 heteroatoms. The Labute approximate surface area is 224 Å². The predicted octanol–water partition coefficient (Wildman–Crippen LogP) is 7.39. The highest BCUT2D eigenvalue weighted by molar-refractivity contribution is 9.10. The fourth-order valence-electron chi connectivity index (χ4n) is 4.86. The van der Waals surface area contributed by atoms with Gasteiger partial charge < -0.3 is 14.7 Å². The minimum atomic E-state index is -0.779. The molecule has 1 heterocycles. The van der Waals surface area contributed by atoms with E-state index in [1.165, 1.54) is 12.1 Å². The maximum Gasteiger partial charge on any atom is 0.233 e. The molecule has 5 rings (SSSR count). The molecule has 0 radical (unpaired) electrons. The lowest BCUT2D eigenvalue weighted by Gasteiger charge is -2.48. The molecule has 1 aliphatic heterocycles. The Balaban J connectivity index is 1.42. The zero-order chi connectivity index (χ0) is 25.8. The Bertz CT molecular complexity index is 1350. The second-order valence-electron chi connectivity index (χ2n) is 9.20. The van der Waals surface area contributed by atoms with E-state index in [4.69, 9.17) is 4.74 Å². The minimum Gasteiger partial charge on any atom is -0.489 e. The molecule has 0 spiro atoms. The number of β-lactam (4-membered cyclic amide) rings is 1. The van der Waals surface area contributed by atoms with Crippen LogP contribution in [-0.4, -0.2) is 11.0 Å². The standard InChI is InChI=1S/C31H27BrFNO3/c32-23-13-16-26(29(19-23)37-20-21-7-3-1-4-8-21)30-27(31(36)34(30)25-9-5-2-6-10-25)17-18-28(35)22-11-14-24(33)15-12-22/h1-16,19,27-28,30,35H,17-18,20H2/t27-,28-,30-/m1/s1. The van der Waals surface area contributed by atoms with Crippen molar-refractivity contribution in [3.05, 3.63) is 130 Å². The monoisotopic (exact) mass is 559 g/mol. The Morgan fingerprint density at radius 1 is 0.919 bits per heavy atom. The van der Waals surface area contributed by atoms with Crippen molar-refractivity contribution in [1.29, 1.82) is 0 Å². The molecule has 4 aromatic rings. The number of hydrogen-bond donors (Lipinski definition) is 1. The van der Waals surface area contributed by atoms with Crippen molar-refractivity contribution in [2.24, 2.45) is 5.92 Å². The molecule has 1 fully saturated rings. The average Bonchev–Trinajstić information content (AvgIpc) is 2.92. The first-order valence-electron chi connectivity index (χ1n) is 12.3. The average molecular weight is 560 g/mol. The zero-order valence-corrected chi connectivity index (χ0v) is 21.7. The number of anilines is 1. The van der Waals surface area contributed by atoms with Gasteiger partial charge in [0.25, 0.3) is 0 Å². The normalized spacial score (nSPS) is 17.8. The summed E-state index contributed by atoms with van der Waals surface area (Å²) in [7, 11) is 0. The molecule has 37 heavy (non-hydrogen) atoms. The lowest BCUT2D eigenvalue weighted by atomic mass is 9.78. The molecule has 4 nitrogen and oxygen atoms in total. The van der Waals surface area contributed by atoms with Gasteiger partial charge in [-0.25, -0.2) is 4.39 Å². The van der Waals surface area contributed by atoms with Crippen LogP contribution in [0.4, 0.5) is 10.1 Å². The molecule has 1 amide bonds. The molecule has 3 atom stereocenters. The fourth-order valence-corrected chi connectivity index (χ4v) is 5.20.